The molecule has 4 aromatic carbocycles. The topological polar surface area (TPSA) is 217 Å². The number of hydrogen-bond acceptors (Lipinski definition) is 13. The Labute approximate surface area is 278 Å². The van der Waals surface area contributed by atoms with Crippen LogP contribution in [0.1, 0.15) is 12.5 Å². The molecule has 19 heteroatoms. The molecule has 1 aromatic heterocycles. The number of benzene rings is 4. The van der Waals surface area contributed by atoms with Crippen LogP contribution in [0.15, 0.2) is 80.7 Å². The fourth-order valence-electron chi connectivity index (χ4n) is 4.67. The number of phenols is 1. The van der Waals surface area contributed by atoms with Crippen LogP contribution in [-0.2, 0) is 20.2 Å². The summed E-state index contributed by atoms with van der Waals surface area (Å²) >= 11 is 6.22. The molecule has 0 bridgehead atoms. The first-order valence-electron chi connectivity index (χ1n) is 13.7. The summed E-state index contributed by atoms with van der Waals surface area (Å²) in [5.41, 5.74) is 0.610. The number of hydrogen-bond donors (Lipinski definition) is 4. The lowest BCUT2D eigenvalue weighted by Crippen LogP contribution is -2.20. The maximum absolute atomic E-state index is 14.4. The van der Waals surface area contributed by atoms with Crippen LogP contribution in [0.5, 0.6) is 11.5 Å². The highest BCUT2D eigenvalue weighted by Gasteiger charge is 2.24. The highest BCUT2D eigenvalue weighted by atomic mass is 35.5. The summed E-state index contributed by atoms with van der Waals surface area (Å²) in [4.78, 5) is 12.8. The summed E-state index contributed by atoms with van der Waals surface area (Å²) in [6, 6.07) is 14.1. The third-order valence-corrected chi connectivity index (χ3v) is 8.74. The second-order valence-electron chi connectivity index (χ2n) is 10.0. The fraction of sp³-hybridized carbons (Fsp3) is 0.138. The molecule has 0 atom stereocenters. The molecule has 250 valence electrons. The van der Waals surface area contributed by atoms with Gasteiger partial charge in [-0.3, -0.25) is 9.11 Å². The number of nitrogens with one attached hydrogen (secondary N) is 1. The number of anilines is 4. The number of aromatic hydroxyl groups is 1. The monoisotopic (exact) mass is 717 g/mol. The molecule has 0 radical (unpaired) electrons. The minimum Gasteiger partial charge on any atom is -0.505 e. The van der Waals surface area contributed by atoms with Crippen LogP contribution in [0.3, 0.4) is 0 Å². The Balaban J connectivity index is 1.56. The van der Waals surface area contributed by atoms with Gasteiger partial charge in [-0.05, 0) is 72.8 Å². The quantitative estimate of drug-likeness (QED) is 0.0880. The fourth-order valence-corrected chi connectivity index (χ4v) is 6.11. The number of methoxy groups -OCH3 is 1. The minimum atomic E-state index is -5.09. The SMILES string of the molecule is CCN(c1cccc(C)c1)c1nc(Cl)nc(Nc2ccc3c(O)c(N=Nc4cc(F)c(OC)cc4S(=O)(=O)O)c(S(=O)(=O)O)cc3c2)n1. The third-order valence-electron chi connectivity index (χ3n) is 6.82. The first kappa shape index (κ1) is 34.3. The number of rotatable bonds is 10. The van der Waals surface area contributed by atoms with Crippen molar-refractivity contribution in [2.45, 2.75) is 23.6 Å². The van der Waals surface area contributed by atoms with E-state index in [-0.39, 0.29) is 28.0 Å². The zero-order valence-corrected chi connectivity index (χ0v) is 27.5. The summed E-state index contributed by atoms with van der Waals surface area (Å²) in [6.45, 7) is 4.36. The van der Waals surface area contributed by atoms with E-state index in [1.54, 1.807) is 0 Å². The Morgan fingerprint density at radius 3 is 2.33 bits per heavy atom. The van der Waals surface area contributed by atoms with Crippen molar-refractivity contribution in [1.29, 1.82) is 0 Å². The van der Waals surface area contributed by atoms with Crippen molar-refractivity contribution in [3.63, 3.8) is 0 Å². The molecular weight excluding hydrogens is 693 g/mol. The molecule has 0 unspecified atom stereocenters. The lowest BCUT2D eigenvalue weighted by atomic mass is 10.1. The molecule has 0 saturated carbocycles. The van der Waals surface area contributed by atoms with Crippen molar-refractivity contribution in [2.24, 2.45) is 10.2 Å². The van der Waals surface area contributed by atoms with Gasteiger partial charge in [-0.2, -0.15) is 31.8 Å². The van der Waals surface area contributed by atoms with Crippen molar-refractivity contribution < 1.29 is 40.2 Å². The first-order valence-corrected chi connectivity index (χ1v) is 16.9. The molecule has 15 nitrogen and oxygen atoms in total. The van der Waals surface area contributed by atoms with Crippen molar-refractivity contribution in [1.82, 2.24) is 15.0 Å². The predicted molar refractivity (Wildman–Crippen MR) is 174 cm³/mol. The smallest absolute Gasteiger partial charge is 0.296 e. The Bertz CT molecular complexity index is 2330. The van der Waals surface area contributed by atoms with E-state index in [1.165, 1.54) is 18.2 Å². The number of aryl methyl sites for hydroxylation is 1. The molecule has 1 heterocycles. The van der Waals surface area contributed by atoms with Gasteiger partial charge in [-0.1, -0.05) is 12.1 Å². The van der Waals surface area contributed by atoms with Gasteiger partial charge < -0.3 is 20.1 Å². The van der Waals surface area contributed by atoms with Crippen LogP contribution < -0.4 is 15.0 Å². The molecule has 0 aliphatic heterocycles. The average Bonchev–Trinajstić information content (AvgIpc) is 2.99. The first-order chi connectivity index (χ1) is 22.6. The highest BCUT2D eigenvalue weighted by molar-refractivity contribution is 7.86. The Hall–Kier alpha value is -5.01. The van der Waals surface area contributed by atoms with Gasteiger partial charge >= 0.3 is 0 Å². The van der Waals surface area contributed by atoms with Gasteiger partial charge in [-0.15, -0.1) is 10.2 Å². The number of ether oxygens (including phenoxy) is 1. The minimum absolute atomic E-state index is 0.0313. The molecule has 0 fully saturated rings. The van der Waals surface area contributed by atoms with Gasteiger partial charge in [0, 0.05) is 35.4 Å². The van der Waals surface area contributed by atoms with Crippen molar-refractivity contribution in [2.75, 3.05) is 23.9 Å². The lowest BCUT2D eigenvalue weighted by molar-refractivity contribution is 0.384. The van der Waals surface area contributed by atoms with Gasteiger partial charge in [0.25, 0.3) is 20.2 Å². The van der Waals surface area contributed by atoms with E-state index in [9.17, 15) is 35.4 Å². The largest absolute Gasteiger partial charge is 0.505 e. The summed E-state index contributed by atoms with van der Waals surface area (Å²) in [5.74, 6) is -2.10. The second kappa shape index (κ2) is 13.2. The molecule has 48 heavy (non-hydrogen) atoms. The van der Waals surface area contributed by atoms with Crippen molar-refractivity contribution in [3.05, 3.63) is 77.3 Å². The third kappa shape index (κ3) is 7.26. The molecule has 0 saturated heterocycles. The standard InChI is InChI=1S/C29H25ClFN7O8S2/c1-4-38(18-7-5-6-15(2)10-18)29-34-27(30)33-28(35-29)32-17-8-9-19-16(11-17)12-24(48(43,44)45)25(26(19)39)37-36-21-13-20(31)22(46-3)14-23(21)47(40,41)42/h5-14,39H,4H2,1-3H3,(H,40,41,42)(H,43,44,45)(H,32,33,34,35). The average molecular weight is 718 g/mol. The van der Waals surface area contributed by atoms with Crippen LogP contribution in [-0.4, -0.2) is 59.7 Å². The summed E-state index contributed by atoms with van der Waals surface area (Å²) in [5, 5.41) is 21.2. The molecule has 4 N–H and O–H groups in total. The molecular formula is C29H25ClFN7O8S2. The molecule has 0 aliphatic rings. The Morgan fingerprint density at radius 1 is 0.958 bits per heavy atom. The second-order valence-corrected chi connectivity index (χ2v) is 13.2. The van der Waals surface area contributed by atoms with E-state index in [4.69, 9.17) is 16.3 Å². The van der Waals surface area contributed by atoms with E-state index >= 15 is 0 Å². The van der Waals surface area contributed by atoms with E-state index < -0.39 is 58.7 Å². The van der Waals surface area contributed by atoms with Gasteiger partial charge in [0.2, 0.25) is 17.2 Å². The van der Waals surface area contributed by atoms with Gasteiger partial charge in [0.15, 0.2) is 17.3 Å². The summed E-state index contributed by atoms with van der Waals surface area (Å²) in [7, 11) is -9.02. The zero-order valence-electron chi connectivity index (χ0n) is 25.1. The zero-order chi connectivity index (χ0) is 35.0. The Morgan fingerprint density at radius 2 is 1.69 bits per heavy atom. The predicted octanol–water partition coefficient (Wildman–Crippen LogP) is 6.65. The number of aromatic nitrogens is 3. The van der Waals surface area contributed by atoms with Crippen LogP contribution >= 0.6 is 11.6 Å². The van der Waals surface area contributed by atoms with Crippen LogP contribution in [0.2, 0.25) is 5.28 Å². The van der Waals surface area contributed by atoms with Crippen LogP contribution in [0.25, 0.3) is 10.8 Å². The van der Waals surface area contributed by atoms with Gasteiger partial charge in [0.05, 0.1) is 7.11 Å². The molecule has 0 amide bonds. The van der Waals surface area contributed by atoms with Gasteiger partial charge in [-0.25, -0.2) is 4.39 Å². The van der Waals surface area contributed by atoms with Crippen LogP contribution in [0.4, 0.5) is 39.0 Å². The van der Waals surface area contributed by atoms with E-state index in [0.29, 0.717) is 24.4 Å². The van der Waals surface area contributed by atoms with E-state index in [2.05, 4.69) is 30.5 Å². The summed E-state index contributed by atoms with van der Waals surface area (Å²) in [6.07, 6.45) is 0. The Kier molecular flexibility index (Phi) is 9.47. The molecule has 5 aromatic rings. The van der Waals surface area contributed by atoms with E-state index in [0.717, 1.165) is 24.4 Å². The number of phenolic OH excluding ortho intramolecular Hbond substituents is 1. The number of fused-ring (bicyclic) bond motifs is 1. The molecule has 0 spiro atoms. The van der Waals surface area contributed by atoms with E-state index in [1.807, 2.05) is 43.0 Å². The highest BCUT2D eigenvalue weighted by Crippen LogP contribution is 2.43. The van der Waals surface area contributed by atoms with Gasteiger partial charge in [0.1, 0.15) is 21.2 Å². The summed E-state index contributed by atoms with van der Waals surface area (Å²) < 4.78 is 87.2. The maximum atomic E-state index is 14.4. The molecule has 0 aliphatic carbocycles. The normalized spacial score (nSPS) is 12.1. The van der Waals surface area contributed by atoms with Crippen molar-refractivity contribution >= 4 is 77.3 Å². The lowest BCUT2D eigenvalue weighted by Gasteiger charge is -2.21. The number of halogens is 2. The molecule has 5 rings (SSSR count). The number of nitrogens with zero attached hydrogens (tertiary/aromatic N) is 6. The number of azo groups is 1. The maximum Gasteiger partial charge on any atom is 0.296 e. The van der Waals surface area contributed by atoms with Crippen molar-refractivity contribution in [3.8, 4) is 11.5 Å². The van der Waals surface area contributed by atoms with Crippen LogP contribution in [0, 0.1) is 12.7 Å².